The Kier molecular flexibility index (Phi) is 35.6. The second-order valence-corrected chi connectivity index (χ2v) is 29.3. The zero-order chi connectivity index (χ0) is 75.0. The van der Waals surface area contributed by atoms with Crippen LogP contribution in [0.2, 0.25) is 0 Å². The number of allylic oxidation sites excluding steroid dienone is 1. The highest BCUT2D eigenvalue weighted by molar-refractivity contribution is 6.66. The van der Waals surface area contributed by atoms with Gasteiger partial charge in [0.05, 0.1) is 81.5 Å². The minimum absolute atomic E-state index is 0. The number of alkyl halides is 2. The highest BCUT2D eigenvalue weighted by atomic mass is 35.5. The lowest BCUT2D eigenvalue weighted by atomic mass is 10.00. The van der Waals surface area contributed by atoms with Gasteiger partial charge in [-0.25, -0.2) is 4.79 Å². The van der Waals surface area contributed by atoms with Crippen molar-refractivity contribution in [1.29, 1.82) is 0 Å². The van der Waals surface area contributed by atoms with Crippen molar-refractivity contribution in [3.63, 3.8) is 0 Å². The molecule has 0 bridgehead atoms. The van der Waals surface area contributed by atoms with Gasteiger partial charge in [-0.1, -0.05) is 103 Å². The van der Waals surface area contributed by atoms with Gasteiger partial charge in [0.25, 0.3) is 0 Å². The van der Waals surface area contributed by atoms with Crippen LogP contribution in [0.3, 0.4) is 0 Å². The lowest BCUT2D eigenvalue weighted by Gasteiger charge is -2.45. The first kappa shape index (κ1) is 87.6. The Hall–Kier alpha value is -7.28. The summed E-state index contributed by atoms with van der Waals surface area (Å²) in [5.41, 5.74) is 7.20. The Bertz CT molecular complexity index is 3750. The van der Waals surface area contributed by atoms with Crippen LogP contribution in [-0.2, 0) is 49.7 Å². The molecule has 6 aromatic rings. The molecule has 4 aromatic carbocycles. The summed E-state index contributed by atoms with van der Waals surface area (Å²) in [4.78, 5) is 75.5. The van der Waals surface area contributed by atoms with Crippen LogP contribution in [0.1, 0.15) is 125 Å². The maximum Gasteiger partial charge on any atom is 0.410 e. The fourth-order valence-electron chi connectivity index (χ4n) is 14.5. The number of morpholine rings is 2. The lowest BCUT2D eigenvalue weighted by molar-refractivity contribution is -0.130. The average Bonchev–Trinajstić information content (AvgIpc) is 0.767. The van der Waals surface area contributed by atoms with Crippen molar-refractivity contribution in [2.24, 2.45) is 0 Å². The van der Waals surface area contributed by atoms with Gasteiger partial charge < -0.3 is 58.2 Å². The molecule has 0 saturated carbocycles. The predicted octanol–water partition coefficient (Wildman–Crippen LogP) is 14.0. The number of phenolic OH excluding ortho intramolecular Hbond substituents is 1. The molecular weight excluding hydrogens is 1410 g/mol. The molecule has 4 fully saturated rings. The van der Waals surface area contributed by atoms with E-state index in [4.69, 9.17) is 78.4 Å². The Labute approximate surface area is 646 Å². The molecule has 4 atom stereocenters. The van der Waals surface area contributed by atoms with Gasteiger partial charge in [-0.2, -0.15) is 19.9 Å². The van der Waals surface area contributed by atoms with Crippen LogP contribution >= 0.6 is 34.8 Å². The highest BCUT2D eigenvalue weighted by Crippen LogP contribution is 2.39. The van der Waals surface area contributed by atoms with Crippen molar-refractivity contribution in [2.75, 3.05) is 163 Å². The number of aromatic nitrogens is 4. The quantitative estimate of drug-likeness (QED) is 0.0347. The van der Waals surface area contributed by atoms with E-state index in [9.17, 15) is 19.5 Å². The first-order valence-electron chi connectivity index (χ1n) is 37.0. The molecule has 8 heterocycles. The molecular formula is C81H120Cl3N13O9. The summed E-state index contributed by atoms with van der Waals surface area (Å²) < 4.78 is 29.2. The maximum atomic E-state index is 13.1. The number of phenols is 1. The van der Waals surface area contributed by atoms with Crippen LogP contribution in [0.15, 0.2) is 98.1 Å². The van der Waals surface area contributed by atoms with Crippen molar-refractivity contribution < 1.29 is 43.2 Å². The van der Waals surface area contributed by atoms with E-state index in [-0.39, 0.29) is 62.1 Å². The number of piperazine rings is 2. The van der Waals surface area contributed by atoms with E-state index in [0.717, 1.165) is 156 Å². The molecule has 0 radical (unpaired) electrons. The Balaban J connectivity index is 0.000000275. The third-order valence-electron chi connectivity index (χ3n) is 19.4. The maximum absolute atomic E-state index is 13.1. The molecule has 6 aliphatic heterocycles. The molecule has 2 aromatic heterocycles. The van der Waals surface area contributed by atoms with Gasteiger partial charge in [0.2, 0.25) is 11.1 Å². The summed E-state index contributed by atoms with van der Waals surface area (Å²) >= 11 is 14.2. The number of anilines is 4. The number of hydrogen-bond donors (Lipinski definition) is 1. The smallest absolute Gasteiger partial charge is 0.410 e. The largest absolute Gasteiger partial charge is 0.508 e. The fraction of sp³-hybridized carbons (Fsp3) is 0.568. The third-order valence-corrected chi connectivity index (χ3v) is 19.6. The molecule has 6 aliphatic rings. The molecule has 1 N–H and O–H groups in total. The second-order valence-electron chi connectivity index (χ2n) is 28.1. The number of benzene rings is 4. The van der Waals surface area contributed by atoms with Crippen molar-refractivity contribution in [3.8, 4) is 17.8 Å². The number of aryl methyl sites for hydroxylation is 1. The Morgan fingerprint density at radius 1 is 0.604 bits per heavy atom. The van der Waals surface area contributed by atoms with Crippen LogP contribution < -0.4 is 29.1 Å². The minimum Gasteiger partial charge on any atom is -0.508 e. The summed E-state index contributed by atoms with van der Waals surface area (Å²) in [6.45, 7) is 48.7. The van der Waals surface area contributed by atoms with Gasteiger partial charge in [0.15, 0.2) is 0 Å². The van der Waals surface area contributed by atoms with Gasteiger partial charge in [0, 0.05) is 130 Å². The van der Waals surface area contributed by atoms with Gasteiger partial charge in [0.1, 0.15) is 23.0 Å². The number of aromatic hydroxyl groups is 1. The Morgan fingerprint density at radius 2 is 1.01 bits per heavy atom. The number of carbonyl (C=O) groups is 3. The average molecular weight is 1530 g/mol. The van der Waals surface area contributed by atoms with Crippen LogP contribution in [0.4, 0.5) is 27.8 Å². The van der Waals surface area contributed by atoms with Crippen molar-refractivity contribution in [2.45, 2.75) is 160 Å². The van der Waals surface area contributed by atoms with Gasteiger partial charge in [-0.3, -0.25) is 24.3 Å². The standard InChI is InChI=1S/C36H50N6O4.C33H42N6O4.C6H15N.C3H3ClO.CH2Cl2.2CH4/c1-25-20-28-10-7-8-11-29(28)32(21-25)40-14-12-30-31(24-40)37-34(45-17-9-13-39-15-18-44-19-16-39)38-33(30)41-22-26(2)42(27(3)23-41)35(43)46-36(4,5)6;1-4-31(41)39-23(2)20-38(21-24(39)3)32-28-10-12-37(30-19-26(40)18-25-8-5-6-9-27(25)30)22-29(28)34-33(35-32)43-15-7-11-36-13-16-42-17-14-36;1-4-7(5-2)6-3;1-2-3(4)5;2-1-3;;/h7-8,10-11,20-21,26-27H,9,12-19,22-24H2,1-6H3;4-6,8-9,18-19,23-24,40H,1,7,10-17,20-22H2,2-3H3;4-6H2,1-3H3;2H,1H2;1H2;2*1H4/t26-,27+;23-,24+;;;;;. The number of ether oxygens (including phenoxy) is 5. The number of amides is 2. The number of fused-ring (bicyclic) bond motifs is 4. The lowest BCUT2D eigenvalue weighted by Crippen LogP contribution is -2.60. The summed E-state index contributed by atoms with van der Waals surface area (Å²) in [6.07, 6.45) is 5.56. The van der Waals surface area contributed by atoms with Crippen LogP contribution in [0.5, 0.6) is 17.8 Å². The van der Waals surface area contributed by atoms with E-state index in [1.165, 1.54) is 53.3 Å². The second kappa shape index (κ2) is 43.1. The predicted molar refractivity (Wildman–Crippen MR) is 435 cm³/mol. The monoisotopic (exact) mass is 1520 g/mol. The molecule has 106 heavy (non-hydrogen) atoms. The molecule has 2 amide bonds. The van der Waals surface area contributed by atoms with E-state index < -0.39 is 10.8 Å². The molecule has 0 spiro atoms. The topological polar surface area (TPSA) is 198 Å². The molecule has 25 heteroatoms. The third kappa shape index (κ3) is 24.6. The van der Waals surface area contributed by atoms with Gasteiger partial charge in [-0.15, -0.1) is 23.2 Å². The van der Waals surface area contributed by atoms with E-state index in [0.29, 0.717) is 64.5 Å². The molecule has 4 saturated heterocycles. The first-order chi connectivity index (χ1) is 50.0. The summed E-state index contributed by atoms with van der Waals surface area (Å²) in [5, 5.41) is 14.8. The Morgan fingerprint density at radius 3 is 1.41 bits per heavy atom. The van der Waals surface area contributed by atoms with E-state index in [1.54, 1.807) is 6.07 Å². The molecule has 12 rings (SSSR count). The zero-order valence-corrected chi connectivity index (χ0v) is 65.5. The minimum atomic E-state index is -0.540. The molecule has 0 unspecified atom stereocenters. The van der Waals surface area contributed by atoms with Gasteiger partial charge in [-0.05, 0) is 153 Å². The highest BCUT2D eigenvalue weighted by Gasteiger charge is 2.39. The number of hydrogen-bond acceptors (Lipinski definition) is 20. The first-order valence-corrected chi connectivity index (χ1v) is 38.4. The summed E-state index contributed by atoms with van der Waals surface area (Å²) in [7, 11) is 0. The van der Waals surface area contributed by atoms with Crippen molar-refractivity contribution in [1.82, 2.24) is 44.4 Å². The normalized spacial score (nSPS) is 18.8. The van der Waals surface area contributed by atoms with E-state index in [2.05, 4.69) is 145 Å². The van der Waals surface area contributed by atoms with Crippen LogP contribution in [-0.4, -0.2) is 240 Å². The number of halogens is 3. The molecule has 22 nitrogen and oxygen atoms in total. The number of rotatable bonds is 19. The summed E-state index contributed by atoms with van der Waals surface area (Å²) in [5.74, 6) is 2.05. The SMILES string of the molecule is C.C.C=CC(=O)Cl.C=CC(=O)N1[C@H](C)CN(c2nc(OCCCN3CCOCC3)nc3c2CCN(c2cc(O)cc4ccccc24)C3)C[C@@H]1C.CCN(CC)CC.Cc1cc(N2CCc3c(nc(OCCCN4CCOCC4)nc3N3C[C@@H](C)N(C(=O)OC(C)(C)C)[C@@H](C)C3)C2)c2ccccc2c1.ClCCl. The van der Waals surface area contributed by atoms with Crippen LogP contribution in [0, 0.1) is 6.92 Å². The van der Waals surface area contributed by atoms with Gasteiger partial charge >= 0.3 is 18.1 Å². The molecule has 584 valence electrons. The fourth-order valence-corrected chi connectivity index (χ4v) is 14.5. The van der Waals surface area contributed by atoms with Crippen LogP contribution in [0.25, 0.3) is 21.5 Å². The number of carbonyl (C=O) groups excluding carboxylic acids is 3. The zero-order valence-electron chi connectivity index (χ0n) is 63.3. The number of nitrogens with zero attached hydrogens (tertiary/aromatic N) is 13. The summed E-state index contributed by atoms with van der Waals surface area (Å²) in [6, 6.07) is 25.7. The van der Waals surface area contributed by atoms with E-state index in [1.807, 2.05) is 54.8 Å². The molecule has 0 aliphatic carbocycles. The van der Waals surface area contributed by atoms with Crippen molar-refractivity contribution in [3.05, 3.63) is 126 Å². The van der Waals surface area contributed by atoms with Crippen molar-refractivity contribution >= 4 is 96.6 Å². The van der Waals surface area contributed by atoms with E-state index >= 15 is 0 Å².